The Bertz CT molecular complexity index is 582. The molecule has 0 atom stereocenters. The van der Waals surface area contributed by atoms with Gasteiger partial charge in [0.05, 0.1) is 26.4 Å². The van der Waals surface area contributed by atoms with E-state index < -0.39 is 0 Å². The van der Waals surface area contributed by atoms with E-state index in [9.17, 15) is 0 Å². The lowest BCUT2D eigenvalue weighted by Crippen LogP contribution is -1.95. The molecule has 0 aromatic heterocycles. The van der Waals surface area contributed by atoms with Crippen molar-refractivity contribution in [2.45, 2.75) is 0 Å². The molecule has 0 spiro atoms. The molecule has 0 radical (unpaired) electrons. The lowest BCUT2D eigenvalue weighted by Gasteiger charge is -2.10. The summed E-state index contributed by atoms with van der Waals surface area (Å²) in [6, 6.07) is 8.62. The van der Waals surface area contributed by atoms with E-state index in [1.54, 1.807) is 24.3 Å². The Morgan fingerprint density at radius 3 is 2.12 bits per heavy atom. The van der Waals surface area contributed by atoms with Crippen LogP contribution in [-0.2, 0) is 0 Å². The van der Waals surface area contributed by atoms with Gasteiger partial charge in [-0.3, -0.25) is 0 Å². The molecule has 0 unspecified atom stereocenters. The van der Waals surface area contributed by atoms with Crippen LogP contribution in [0.15, 0.2) is 30.3 Å². The highest BCUT2D eigenvalue weighted by atomic mass is 35.5. The van der Waals surface area contributed by atoms with Crippen molar-refractivity contribution in [2.75, 3.05) is 11.5 Å². The van der Waals surface area contributed by atoms with Gasteiger partial charge in [-0.15, -0.1) is 0 Å². The Labute approximate surface area is 114 Å². The highest BCUT2D eigenvalue weighted by molar-refractivity contribution is 6.44. The summed E-state index contributed by atoms with van der Waals surface area (Å²) in [4.78, 5) is 0. The number of nitrogen functional groups attached to an aromatic ring is 2. The number of anilines is 2. The number of hydrogen-bond donors (Lipinski definition) is 2. The molecule has 0 saturated carbocycles. The van der Waals surface area contributed by atoms with Crippen LogP contribution >= 0.6 is 34.8 Å². The van der Waals surface area contributed by atoms with Crippen LogP contribution in [-0.4, -0.2) is 0 Å². The Hall–Kier alpha value is -1.09. The van der Waals surface area contributed by atoms with Crippen LogP contribution in [0.4, 0.5) is 11.4 Å². The van der Waals surface area contributed by atoms with Gasteiger partial charge in [0.25, 0.3) is 0 Å². The van der Waals surface area contributed by atoms with Crippen LogP contribution in [0.2, 0.25) is 15.1 Å². The van der Waals surface area contributed by atoms with Crippen LogP contribution in [0.5, 0.6) is 0 Å². The fourth-order valence-electron chi connectivity index (χ4n) is 1.52. The van der Waals surface area contributed by atoms with Gasteiger partial charge in [-0.05, 0) is 18.2 Å². The molecule has 0 fully saturated rings. The molecule has 0 heterocycles. The van der Waals surface area contributed by atoms with E-state index in [1.807, 2.05) is 6.07 Å². The van der Waals surface area contributed by atoms with E-state index in [-0.39, 0.29) is 0 Å². The van der Waals surface area contributed by atoms with Crippen LogP contribution in [0.3, 0.4) is 0 Å². The van der Waals surface area contributed by atoms with Crippen molar-refractivity contribution in [2.24, 2.45) is 0 Å². The van der Waals surface area contributed by atoms with E-state index in [0.717, 1.165) is 5.56 Å². The molecule has 2 aromatic rings. The van der Waals surface area contributed by atoms with Crippen molar-refractivity contribution in [3.05, 3.63) is 45.4 Å². The van der Waals surface area contributed by atoms with Crippen molar-refractivity contribution in [1.82, 2.24) is 0 Å². The highest BCUT2D eigenvalue weighted by Gasteiger charge is 2.11. The monoisotopic (exact) mass is 286 g/mol. The number of hydrogen-bond acceptors (Lipinski definition) is 2. The molecule has 0 aliphatic rings. The summed E-state index contributed by atoms with van der Waals surface area (Å²) in [5, 5.41) is 1.40. The average Bonchev–Trinajstić information content (AvgIpc) is 2.28. The minimum Gasteiger partial charge on any atom is -0.397 e. The Morgan fingerprint density at radius 2 is 1.41 bits per heavy atom. The Balaban J connectivity index is 2.69. The molecular weight excluding hydrogens is 279 g/mol. The minimum atomic E-state index is 0.442. The van der Waals surface area contributed by atoms with Crippen molar-refractivity contribution in [3.8, 4) is 11.1 Å². The normalized spacial score (nSPS) is 10.5. The van der Waals surface area contributed by atoms with Crippen LogP contribution < -0.4 is 11.5 Å². The topological polar surface area (TPSA) is 52.0 Å². The molecule has 88 valence electrons. The Kier molecular flexibility index (Phi) is 3.38. The first-order valence-electron chi connectivity index (χ1n) is 4.79. The third-order valence-electron chi connectivity index (χ3n) is 2.41. The molecule has 4 N–H and O–H groups in total. The predicted octanol–water partition coefficient (Wildman–Crippen LogP) is 4.48. The van der Waals surface area contributed by atoms with Crippen LogP contribution in [0.25, 0.3) is 11.1 Å². The third-order valence-corrected chi connectivity index (χ3v) is 3.55. The first kappa shape index (κ1) is 12.4. The molecule has 0 saturated heterocycles. The number of halogens is 3. The maximum Gasteiger partial charge on any atom is 0.0671 e. The molecule has 0 aliphatic heterocycles. The van der Waals surface area contributed by atoms with E-state index in [0.29, 0.717) is 32.0 Å². The van der Waals surface area contributed by atoms with Crippen molar-refractivity contribution in [3.63, 3.8) is 0 Å². The molecule has 5 heteroatoms. The number of rotatable bonds is 1. The van der Waals surface area contributed by atoms with Gasteiger partial charge >= 0.3 is 0 Å². The van der Waals surface area contributed by atoms with Crippen LogP contribution in [0.1, 0.15) is 0 Å². The fraction of sp³-hybridized carbons (Fsp3) is 0. The lowest BCUT2D eigenvalue weighted by atomic mass is 10.0. The maximum atomic E-state index is 6.13. The molecular formula is C12H9Cl3N2. The van der Waals surface area contributed by atoms with Gasteiger partial charge in [-0.2, -0.15) is 0 Å². The zero-order chi connectivity index (χ0) is 12.6. The first-order chi connectivity index (χ1) is 8.00. The zero-order valence-corrected chi connectivity index (χ0v) is 10.9. The van der Waals surface area contributed by atoms with Crippen molar-refractivity contribution >= 4 is 46.2 Å². The van der Waals surface area contributed by atoms with Gasteiger partial charge < -0.3 is 11.5 Å². The molecule has 0 bridgehead atoms. The summed E-state index contributed by atoms with van der Waals surface area (Å²) in [6.07, 6.45) is 0. The van der Waals surface area contributed by atoms with E-state index >= 15 is 0 Å². The molecule has 2 nitrogen and oxygen atoms in total. The van der Waals surface area contributed by atoms with Gasteiger partial charge in [0.15, 0.2) is 0 Å². The third kappa shape index (κ3) is 2.29. The second kappa shape index (κ2) is 4.65. The van der Waals surface area contributed by atoms with E-state index in [4.69, 9.17) is 46.3 Å². The van der Waals surface area contributed by atoms with Crippen molar-refractivity contribution in [1.29, 1.82) is 0 Å². The summed E-state index contributed by atoms with van der Waals surface area (Å²) in [6.45, 7) is 0. The minimum absolute atomic E-state index is 0.442. The van der Waals surface area contributed by atoms with E-state index in [1.165, 1.54) is 0 Å². The van der Waals surface area contributed by atoms with E-state index in [2.05, 4.69) is 0 Å². The largest absolute Gasteiger partial charge is 0.397 e. The summed E-state index contributed by atoms with van der Waals surface area (Å²) >= 11 is 18.2. The second-order valence-corrected chi connectivity index (χ2v) is 4.75. The number of nitrogens with two attached hydrogens (primary N) is 2. The maximum absolute atomic E-state index is 6.13. The van der Waals surface area contributed by atoms with Gasteiger partial charge in [0, 0.05) is 11.1 Å². The summed E-state index contributed by atoms with van der Waals surface area (Å²) in [7, 11) is 0. The quantitative estimate of drug-likeness (QED) is 0.760. The summed E-state index contributed by atoms with van der Waals surface area (Å²) in [5.41, 5.74) is 13.8. The second-order valence-electron chi connectivity index (χ2n) is 3.56. The zero-order valence-electron chi connectivity index (χ0n) is 8.68. The standard InChI is InChI=1S/C12H9Cl3N2/c13-8-3-1-2-6(12(8)15)7-4-10(16)11(17)5-9(7)14/h1-5H,16-17H2. The van der Waals surface area contributed by atoms with Gasteiger partial charge in [0.2, 0.25) is 0 Å². The van der Waals surface area contributed by atoms with Crippen molar-refractivity contribution < 1.29 is 0 Å². The van der Waals surface area contributed by atoms with Gasteiger partial charge in [-0.1, -0.05) is 46.9 Å². The van der Waals surface area contributed by atoms with Gasteiger partial charge in [-0.25, -0.2) is 0 Å². The fourth-order valence-corrected chi connectivity index (χ4v) is 2.20. The highest BCUT2D eigenvalue weighted by Crippen LogP contribution is 2.39. The molecule has 0 amide bonds. The van der Waals surface area contributed by atoms with Gasteiger partial charge in [0.1, 0.15) is 0 Å². The first-order valence-corrected chi connectivity index (χ1v) is 5.93. The summed E-state index contributed by atoms with van der Waals surface area (Å²) in [5.74, 6) is 0. The SMILES string of the molecule is Nc1cc(Cl)c(-c2cccc(Cl)c2Cl)cc1N. The summed E-state index contributed by atoms with van der Waals surface area (Å²) < 4.78 is 0. The molecule has 17 heavy (non-hydrogen) atoms. The molecule has 0 aliphatic carbocycles. The molecule has 2 aromatic carbocycles. The predicted molar refractivity (Wildman–Crippen MR) is 75.7 cm³/mol. The lowest BCUT2D eigenvalue weighted by molar-refractivity contribution is 1.60. The smallest absolute Gasteiger partial charge is 0.0671 e. The number of benzene rings is 2. The molecule has 2 rings (SSSR count). The van der Waals surface area contributed by atoms with Crippen LogP contribution in [0, 0.1) is 0 Å². The average molecular weight is 288 g/mol. The Morgan fingerprint density at radius 1 is 0.765 bits per heavy atom.